The molecule has 0 aromatic carbocycles. The average molecular weight is 286 g/mol. The minimum atomic E-state index is -0.530. The number of nitrogens with zero attached hydrogens (tertiary/aromatic N) is 1. The summed E-state index contributed by atoms with van der Waals surface area (Å²) in [5.41, 5.74) is -0.530. The van der Waals surface area contributed by atoms with Gasteiger partial charge in [0.15, 0.2) is 0 Å². The molecule has 0 aliphatic heterocycles. The van der Waals surface area contributed by atoms with Gasteiger partial charge in [-0.15, -0.1) is 0 Å². The van der Waals surface area contributed by atoms with E-state index in [9.17, 15) is 4.79 Å². The summed E-state index contributed by atoms with van der Waals surface area (Å²) in [6.07, 6.45) is 3.82. The van der Waals surface area contributed by atoms with E-state index in [1.807, 2.05) is 7.05 Å². The van der Waals surface area contributed by atoms with Crippen molar-refractivity contribution in [3.05, 3.63) is 0 Å². The Labute approximate surface area is 123 Å². The second kappa shape index (κ2) is 7.96. The van der Waals surface area contributed by atoms with Crippen LogP contribution in [0.5, 0.6) is 0 Å². The Kier molecular flexibility index (Phi) is 6.92. The topological polar surface area (TPSA) is 50.8 Å². The largest absolute Gasteiger partial charge is 0.468 e. The molecule has 1 aliphatic rings. The van der Waals surface area contributed by atoms with Crippen LogP contribution in [0.3, 0.4) is 0 Å². The molecule has 1 rings (SSSR count). The quantitative estimate of drug-likeness (QED) is 0.717. The van der Waals surface area contributed by atoms with Crippen LogP contribution in [0.25, 0.3) is 0 Å². The molecule has 5 nitrogen and oxygen atoms in total. The van der Waals surface area contributed by atoms with Crippen molar-refractivity contribution in [3.8, 4) is 0 Å². The van der Waals surface area contributed by atoms with Crippen LogP contribution in [0.4, 0.5) is 0 Å². The SMILES string of the molecule is CCN(C(C)COC)C1CCCC(NC)(C(=O)OC)C1. The maximum Gasteiger partial charge on any atom is 0.326 e. The average Bonchev–Trinajstić information content (AvgIpc) is 2.47. The zero-order chi connectivity index (χ0) is 15.2. The predicted octanol–water partition coefficient (Wildman–Crippen LogP) is 1.42. The number of hydrogen-bond donors (Lipinski definition) is 1. The highest BCUT2D eigenvalue weighted by molar-refractivity contribution is 5.81. The molecule has 0 bridgehead atoms. The van der Waals surface area contributed by atoms with Crippen molar-refractivity contribution in [1.29, 1.82) is 0 Å². The predicted molar refractivity (Wildman–Crippen MR) is 79.8 cm³/mol. The molecule has 5 heteroatoms. The molecule has 1 N–H and O–H groups in total. The Morgan fingerprint density at radius 1 is 1.50 bits per heavy atom. The number of ether oxygens (including phenoxy) is 2. The lowest BCUT2D eigenvalue weighted by molar-refractivity contribution is -0.151. The van der Waals surface area contributed by atoms with Gasteiger partial charge in [-0.1, -0.05) is 6.92 Å². The minimum Gasteiger partial charge on any atom is -0.468 e. The first-order valence-corrected chi connectivity index (χ1v) is 7.56. The molecule has 3 atom stereocenters. The van der Waals surface area contributed by atoms with Crippen molar-refractivity contribution in [2.45, 2.75) is 57.2 Å². The van der Waals surface area contributed by atoms with Gasteiger partial charge in [0.1, 0.15) is 5.54 Å². The molecule has 0 aromatic rings. The van der Waals surface area contributed by atoms with Gasteiger partial charge in [0.05, 0.1) is 13.7 Å². The van der Waals surface area contributed by atoms with Gasteiger partial charge in [-0.3, -0.25) is 9.69 Å². The highest BCUT2D eigenvalue weighted by atomic mass is 16.5. The summed E-state index contributed by atoms with van der Waals surface area (Å²) in [5, 5.41) is 3.22. The fourth-order valence-electron chi connectivity index (χ4n) is 3.51. The number of likely N-dealkylation sites (N-methyl/N-ethyl adjacent to an activating group) is 2. The summed E-state index contributed by atoms with van der Waals surface area (Å²) in [7, 11) is 5.06. The first-order valence-electron chi connectivity index (χ1n) is 7.56. The van der Waals surface area contributed by atoms with E-state index in [0.29, 0.717) is 12.1 Å². The van der Waals surface area contributed by atoms with Gasteiger partial charge in [-0.05, 0) is 46.2 Å². The van der Waals surface area contributed by atoms with Crippen molar-refractivity contribution in [2.75, 3.05) is 34.4 Å². The maximum absolute atomic E-state index is 12.1. The van der Waals surface area contributed by atoms with Crippen molar-refractivity contribution >= 4 is 5.97 Å². The number of methoxy groups -OCH3 is 2. The molecule has 3 unspecified atom stereocenters. The number of carbonyl (C=O) groups is 1. The Morgan fingerprint density at radius 2 is 2.20 bits per heavy atom. The van der Waals surface area contributed by atoms with Gasteiger partial charge < -0.3 is 14.8 Å². The van der Waals surface area contributed by atoms with Crippen LogP contribution in [-0.4, -0.2) is 62.9 Å². The van der Waals surface area contributed by atoms with Gasteiger partial charge in [0.2, 0.25) is 0 Å². The number of esters is 1. The molecule has 20 heavy (non-hydrogen) atoms. The third kappa shape index (κ3) is 3.71. The van der Waals surface area contributed by atoms with E-state index in [-0.39, 0.29) is 5.97 Å². The second-order valence-electron chi connectivity index (χ2n) is 5.71. The molecule has 0 amide bonds. The summed E-state index contributed by atoms with van der Waals surface area (Å²) in [4.78, 5) is 14.6. The van der Waals surface area contributed by atoms with Gasteiger partial charge >= 0.3 is 5.97 Å². The van der Waals surface area contributed by atoms with E-state index < -0.39 is 5.54 Å². The van der Waals surface area contributed by atoms with E-state index >= 15 is 0 Å². The third-order valence-electron chi connectivity index (χ3n) is 4.59. The molecule has 0 spiro atoms. The second-order valence-corrected chi connectivity index (χ2v) is 5.71. The Bertz CT molecular complexity index is 311. The smallest absolute Gasteiger partial charge is 0.326 e. The van der Waals surface area contributed by atoms with Crippen LogP contribution < -0.4 is 5.32 Å². The first-order chi connectivity index (χ1) is 9.54. The van der Waals surface area contributed by atoms with Crippen molar-refractivity contribution in [2.24, 2.45) is 0 Å². The van der Waals surface area contributed by atoms with E-state index in [0.717, 1.165) is 38.8 Å². The normalized spacial score (nSPS) is 28.4. The Morgan fingerprint density at radius 3 is 2.70 bits per heavy atom. The number of nitrogens with one attached hydrogen (secondary N) is 1. The lowest BCUT2D eigenvalue weighted by atomic mass is 9.78. The zero-order valence-electron chi connectivity index (χ0n) is 13.6. The lowest BCUT2D eigenvalue weighted by Crippen LogP contribution is -2.58. The number of rotatable bonds is 7. The van der Waals surface area contributed by atoms with Crippen LogP contribution in [0.15, 0.2) is 0 Å². The van der Waals surface area contributed by atoms with Gasteiger partial charge in [-0.2, -0.15) is 0 Å². The fourth-order valence-corrected chi connectivity index (χ4v) is 3.51. The molecule has 0 radical (unpaired) electrons. The van der Waals surface area contributed by atoms with Crippen LogP contribution in [0.2, 0.25) is 0 Å². The van der Waals surface area contributed by atoms with Gasteiger partial charge in [-0.25, -0.2) is 0 Å². The van der Waals surface area contributed by atoms with Gasteiger partial charge in [0, 0.05) is 19.2 Å². The molecule has 1 saturated carbocycles. The Hall–Kier alpha value is -0.650. The molecule has 118 valence electrons. The summed E-state index contributed by atoms with van der Waals surface area (Å²) in [5.74, 6) is -0.139. The molecule has 0 aromatic heterocycles. The maximum atomic E-state index is 12.1. The van der Waals surface area contributed by atoms with Crippen molar-refractivity contribution < 1.29 is 14.3 Å². The van der Waals surface area contributed by atoms with E-state index in [1.165, 1.54) is 7.11 Å². The number of carbonyl (C=O) groups excluding carboxylic acids is 1. The van der Waals surface area contributed by atoms with Crippen LogP contribution in [0.1, 0.15) is 39.5 Å². The number of hydrogen-bond acceptors (Lipinski definition) is 5. The summed E-state index contributed by atoms with van der Waals surface area (Å²) >= 11 is 0. The van der Waals surface area contributed by atoms with Crippen LogP contribution >= 0.6 is 0 Å². The van der Waals surface area contributed by atoms with Crippen molar-refractivity contribution in [1.82, 2.24) is 10.2 Å². The van der Waals surface area contributed by atoms with E-state index in [1.54, 1.807) is 7.11 Å². The minimum absolute atomic E-state index is 0.139. The first kappa shape index (κ1) is 17.4. The summed E-state index contributed by atoms with van der Waals surface area (Å²) < 4.78 is 10.3. The van der Waals surface area contributed by atoms with Crippen LogP contribution in [0, 0.1) is 0 Å². The summed E-state index contributed by atoms with van der Waals surface area (Å²) in [6, 6.07) is 0.755. The molecular weight excluding hydrogens is 256 g/mol. The van der Waals surface area contributed by atoms with E-state index in [2.05, 4.69) is 24.1 Å². The molecule has 0 saturated heterocycles. The lowest BCUT2D eigenvalue weighted by Gasteiger charge is -2.44. The standard InChI is InChI=1S/C15H30N2O3/c1-6-17(12(2)11-19-4)13-8-7-9-15(10-13,16-3)14(18)20-5/h12-13,16H,6-11H2,1-5H3. The zero-order valence-corrected chi connectivity index (χ0v) is 13.6. The van der Waals surface area contributed by atoms with Crippen molar-refractivity contribution in [3.63, 3.8) is 0 Å². The summed E-state index contributed by atoms with van der Waals surface area (Å²) in [6.45, 7) is 6.03. The third-order valence-corrected chi connectivity index (χ3v) is 4.59. The highest BCUT2D eigenvalue weighted by Gasteiger charge is 2.44. The molecule has 0 heterocycles. The molecule has 1 fully saturated rings. The van der Waals surface area contributed by atoms with Gasteiger partial charge in [0.25, 0.3) is 0 Å². The van der Waals surface area contributed by atoms with Crippen LogP contribution in [-0.2, 0) is 14.3 Å². The Balaban J connectivity index is 2.82. The molecule has 1 aliphatic carbocycles. The fraction of sp³-hybridized carbons (Fsp3) is 0.933. The van der Waals surface area contributed by atoms with E-state index in [4.69, 9.17) is 9.47 Å². The monoisotopic (exact) mass is 286 g/mol. The highest BCUT2D eigenvalue weighted by Crippen LogP contribution is 2.32. The molecular formula is C15H30N2O3.